The lowest BCUT2D eigenvalue weighted by molar-refractivity contribution is -0.0217. The highest BCUT2D eigenvalue weighted by molar-refractivity contribution is 5.60. The van der Waals surface area contributed by atoms with Gasteiger partial charge in [-0.1, -0.05) is 19.1 Å². The topological polar surface area (TPSA) is 90.4 Å². The molecule has 1 aromatic heterocycles. The fourth-order valence-electron chi connectivity index (χ4n) is 2.61. The molecule has 3 N–H and O–H groups in total. The Hall–Kier alpha value is -1.66. The van der Waals surface area contributed by atoms with Crippen LogP contribution in [-0.4, -0.2) is 26.9 Å². The van der Waals surface area contributed by atoms with Crippen molar-refractivity contribution in [1.82, 2.24) is 9.55 Å². The van der Waals surface area contributed by atoms with Crippen molar-refractivity contribution in [2.75, 3.05) is 5.73 Å². The molecular weight excluding hydrogens is 270 g/mol. The summed E-state index contributed by atoms with van der Waals surface area (Å²) in [5.74, 6) is 0.859. The van der Waals surface area contributed by atoms with Crippen LogP contribution in [0.25, 0.3) is 6.08 Å². The van der Waals surface area contributed by atoms with Gasteiger partial charge >= 0.3 is 5.69 Å². The summed E-state index contributed by atoms with van der Waals surface area (Å²) in [6.45, 7) is 1.95. The molecule has 1 saturated heterocycles. The lowest BCUT2D eigenvalue weighted by Crippen LogP contribution is -2.28. The molecular formula is C15H21N3O3. The van der Waals surface area contributed by atoms with Crippen LogP contribution in [-0.2, 0) is 4.74 Å². The zero-order chi connectivity index (χ0) is 15.0. The predicted octanol–water partition coefficient (Wildman–Crippen LogP) is 1.31. The van der Waals surface area contributed by atoms with Gasteiger partial charge in [0.2, 0.25) is 0 Å². The molecule has 0 bridgehead atoms. The molecule has 3 atom stereocenters. The third-order valence-corrected chi connectivity index (χ3v) is 4.10. The van der Waals surface area contributed by atoms with Gasteiger partial charge in [-0.3, -0.25) is 4.57 Å². The van der Waals surface area contributed by atoms with Gasteiger partial charge in [0, 0.05) is 18.2 Å². The van der Waals surface area contributed by atoms with E-state index in [4.69, 9.17) is 10.5 Å². The Bertz CT molecular complexity index is 607. The van der Waals surface area contributed by atoms with Gasteiger partial charge in [0.15, 0.2) is 0 Å². The van der Waals surface area contributed by atoms with Gasteiger partial charge in [0.25, 0.3) is 0 Å². The largest absolute Gasteiger partial charge is 0.390 e. The molecule has 1 saturated carbocycles. The zero-order valence-electron chi connectivity index (χ0n) is 12.1. The van der Waals surface area contributed by atoms with Crippen molar-refractivity contribution < 1.29 is 9.84 Å². The van der Waals surface area contributed by atoms with Crippen molar-refractivity contribution in [2.24, 2.45) is 5.92 Å². The van der Waals surface area contributed by atoms with Crippen molar-refractivity contribution in [2.45, 2.75) is 51.0 Å². The highest BCUT2D eigenvalue weighted by Crippen LogP contribution is 2.32. The van der Waals surface area contributed by atoms with E-state index < -0.39 is 18.0 Å². The van der Waals surface area contributed by atoms with Gasteiger partial charge in [-0.05, 0) is 25.2 Å². The van der Waals surface area contributed by atoms with E-state index in [2.05, 4.69) is 11.1 Å². The van der Waals surface area contributed by atoms with Crippen molar-refractivity contribution in [1.29, 1.82) is 0 Å². The monoisotopic (exact) mass is 291 g/mol. The fourth-order valence-corrected chi connectivity index (χ4v) is 2.61. The highest BCUT2D eigenvalue weighted by atomic mass is 16.5. The molecule has 2 heterocycles. The van der Waals surface area contributed by atoms with Crippen molar-refractivity contribution >= 4 is 11.9 Å². The molecule has 2 aliphatic rings. The average molecular weight is 291 g/mol. The van der Waals surface area contributed by atoms with Gasteiger partial charge < -0.3 is 15.6 Å². The van der Waals surface area contributed by atoms with E-state index >= 15 is 0 Å². The van der Waals surface area contributed by atoms with Crippen molar-refractivity contribution in [3.63, 3.8) is 0 Å². The van der Waals surface area contributed by atoms with Gasteiger partial charge in [0.1, 0.15) is 12.0 Å². The van der Waals surface area contributed by atoms with E-state index in [0.717, 1.165) is 5.56 Å². The van der Waals surface area contributed by atoms with Crippen LogP contribution in [0.4, 0.5) is 5.82 Å². The minimum atomic E-state index is -0.546. The summed E-state index contributed by atoms with van der Waals surface area (Å²) in [4.78, 5) is 15.9. The van der Waals surface area contributed by atoms with Gasteiger partial charge in [-0.2, -0.15) is 4.98 Å². The molecule has 1 aliphatic carbocycles. The Kier molecular flexibility index (Phi) is 3.82. The van der Waals surface area contributed by atoms with Crippen LogP contribution >= 0.6 is 0 Å². The molecule has 6 heteroatoms. The fraction of sp³-hybridized carbons (Fsp3) is 0.600. The van der Waals surface area contributed by atoms with E-state index in [0.29, 0.717) is 18.8 Å². The number of hydrogen-bond acceptors (Lipinski definition) is 5. The summed E-state index contributed by atoms with van der Waals surface area (Å²) in [5.41, 5.74) is 6.09. The molecule has 1 unspecified atom stereocenters. The van der Waals surface area contributed by atoms with E-state index in [1.54, 1.807) is 6.20 Å². The number of nitrogens with zero attached hydrogens (tertiary/aromatic N) is 2. The minimum absolute atomic E-state index is 0.232. The Morgan fingerprint density at radius 1 is 1.57 bits per heavy atom. The van der Waals surface area contributed by atoms with E-state index in [1.165, 1.54) is 17.4 Å². The number of aromatic nitrogens is 2. The quantitative estimate of drug-likeness (QED) is 0.872. The van der Waals surface area contributed by atoms with Crippen LogP contribution in [0.5, 0.6) is 0 Å². The Labute approximate surface area is 123 Å². The molecule has 3 rings (SSSR count). The third-order valence-electron chi connectivity index (χ3n) is 4.10. The van der Waals surface area contributed by atoms with Gasteiger partial charge in [-0.25, -0.2) is 4.79 Å². The molecule has 0 amide bonds. The van der Waals surface area contributed by atoms with E-state index in [1.807, 2.05) is 13.0 Å². The number of anilines is 1. The van der Waals surface area contributed by atoms with Crippen LogP contribution in [0.2, 0.25) is 0 Å². The lowest BCUT2D eigenvalue weighted by Gasteiger charge is -2.15. The van der Waals surface area contributed by atoms with E-state index in [-0.39, 0.29) is 11.9 Å². The molecule has 1 aromatic rings. The summed E-state index contributed by atoms with van der Waals surface area (Å²) in [6.07, 6.45) is 7.97. The highest BCUT2D eigenvalue weighted by Gasteiger charge is 2.34. The number of hydrogen-bond donors (Lipinski definition) is 2. The third kappa shape index (κ3) is 3.01. The maximum atomic E-state index is 12.0. The Balaban J connectivity index is 1.87. The van der Waals surface area contributed by atoms with Crippen molar-refractivity contribution in [3.05, 3.63) is 28.3 Å². The number of nitrogen functional groups attached to an aromatic ring is 1. The lowest BCUT2D eigenvalue weighted by atomic mass is 10.1. The first-order valence-corrected chi connectivity index (χ1v) is 7.49. The van der Waals surface area contributed by atoms with Crippen LogP contribution in [0.1, 0.15) is 44.4 Å². The first-order chi connectivity index (χ1) is 10.1. The molecule has 6 nitrogen and oxygen atoms in total. The summed E-state index contributed by atoms with van der Waals surface area (Å²) in [7, 11) is 0. The number of nitrogens with two attached hydrogens (primary N) is 1. The summed E-state index contributed by atoms with van der Waals surface area (Å²) in [5, 5.41) is 9.92. The molecule has 0 aromatic carbocycles. The minimum Gasteiger partial charge on any atom is -0.390 e. The Morgan fingerprint density at radius 3 is 2.95 bits per heavy atom. The summed E-state index contributed by atoms with van der Waals surface area (Å²) in [6, 6.07) is 0. The molecule has 114 valence electrons. The van der Waals surface area contributed by atoms with Crippen molar-refractivity contribution in [3.8, 4) is 0 Å². The number of rotatable bonds is 4. The second kappa shape index (κ2) is 5.61. The van der Waals surface area contributed by atoms with Crippen LogP contribution < -0.4 is 11.4 Å². The second-order valence-corrected chi connectivity index (χ2v) is 5.81. The number of aliphatic hydroxyl groups is 1. The van der Waals surface area contributed by atoms with Gasteiger partial charge in [0.05, 0.1) is 12.2 Å². The number of allylic oxidation sites excluding steroid dienone is 1. The Morgan fingerprint density at radius 2 is 2.33 bits per heavy atom. The van der Waals surface area contributed by atoms with E-state index in [9.17, 15) is 9.90 Å². The zero-order valence-corrected chi connectivity index (χ0v) is 12.1. The van der Waals surface area contributed by atoms with Crippen LogP contribution in [0, 0.1) is 5.92 Å². The first-order valence-electron chi connectivity index (χ1n) is 7.49. The normalized spacial score (nSPS) is 29.3. The summed E-state index contributed by atoms with van der Waals surface area (Å²) >= 11 is 0. The number of aliphatic hydroxyl groups excluding tert-OH is 1. The molecule has 0 spiro atoms. The van der Waals surface area contributed by atoms with Crippen LogP contribution in [0.3, 0.4) is 0 Å². The average Bonchev–Trinajstić information content (AvgIpc) is 3.20. The molecule has 21 heavy (non-hydrogen) atoms. The SMILES string of the molecule is CC[C@H]1O[C@@H](n2cc(/C=C/C3CC3)c(N)nc2=O)CC1O. The first kappa shape index (κ1) is 14.3. The number of ether oxygens (including phenoxy) is 1. The summed E-state index contributed by atoms with van der Waals surface area (Å²) < 4.78 is 7.16. The second-order valence-electron chi connectivity index (χ2n) is 5.81. The van der Waals surface area contributed by atoms with Crippen LogP contribution in [0.15, 0.2) is 17.1 Å². The maximum absolute atomic E-state index is 12.0. The maximum Gasteiger partial charge on any atom is 0.351 e. The van der Waals surface area contributed by atoms with Gasteiger partial charge in [-0.15, -0.1) is 0 Å². The molecule has 2 fully saturated rings. The standard InChI is InChI=1S/C15H21N3O3/c1-2-12-11(19)7-13(21-12)18-8-10(6-5-9-3-4-9)14(16)17-15(18)20/h5-6,8-9,11-13,19H,2-4,7H2,1H3,(H2,16,17,20)/b6-5+/t11?,12-,13-/m1/s1. The molecule has 1 aliphatic heterocycles. The smallest absolute Gasteiger partial charge is 0.351 e. The molecule has 0 radical (unpaired) electrons. The predicted molar refractivity (Wildman–Crippen MR) is 79.5 cm³/mol.